The molecule has 0 aliphatic rings. The summed E-state index contributed by atoms with van der Waals surface area (Å²) in [6.07, 6.45) is 2.28. The zero-order valence-electron chi connectivity index (χ0n) is 12.0. The van der Waals surface area contributed by atoms with Crippen molar-refractivity contribution >= 4 is 17.4 Å². The summed E-state index contributed by atoms with van der Waals surface area (Å²) >= 11 is 0. The van der Waals surface area contributed by atoms with Crippen LogP contribution in [0.5, 0.6) is 0 Å². The van der Waals surface area contributed by atoms with Gasteiger partial charge in [0.05, 0.1) is 11.9 Å². The minimum atomic E-state index is -0.143. The van der Waals surface area contributed by atoms with Crippen LogP contribution in [-0.2, 0) is 0 Å². The molecule has 0 atom stereocenters. The van der Waals surface area contributed by atoms with Crippen molar-refractivity contribution < 1.29 is 9.90 Å². The molecule has 0 saturated carbocycles. The van der Waals surface area contributed by atoms with Crippen molar-refractivity contribution in [2.45, 2.75) is 13.3 Å². The van der Waals surface area contributed by atoms with Gasteiger partial charge in [-0.2, -0.15) is 0 Å². The maximum Gasteiger partial charge on any atom is 0.255 e. The van der Waals surface area contributed by atoms with Crippen molar-refractivity contribution in [3.63, 3.8) is 0 Å². The minimum absolute atomic E-state index is 0.143. The lowest BCUT2D eigenvalue weighted by atomic mass is 10.1. The van der Waals surface area contributed by atoms with Gasteiger partial charge in [0, 0.05) is 18.7 Å². The number of rotatable bonds is 6. The number of carbonyl (C=O) groups excluding carboxylic acids is 1. The second-order valence-corrected chi connectivity index (χ2v) is 4.71. The number of benzene rings is 1. The molecule has 0 radical (unpaired) electrons. The Balaban J connectivity index is 1.97. The fourth-order valence-electron chi connectivity index (χ4n) is 1.89. The molecule has 21 heavy (non-hydrogen) atoms. The molecule has 0 saturated heterocycles. The van der Waals surface area contributed by atoms with Gasteiger partial charge in [-0.05, 0) is 37.1 Å². The van der Waals surface area contributed by atoms with E-state index in [9.17, 15) is 4.79 Å². The number of hydrogen-bond donors (Lipinski definition) is 3. The maximum atomic E-state index is 12.1. The van der Waals surface area contributed by atoms with Gasteiger partial charge < -0.3 is 15.7 Å². The lowest BCUT2D eigenvalue weighted by molar-refractivity contribution is 0.102. The average molecular weight is 285 g/mol. The van der Waals surface area contributed by atoms with E-state index in [-0.39, 0.29) is 12.5 Å². The van der Waals surface area contributed by atoms with Crippen molar-refractivity contribution in [3.8, 4) is 0 Å². The zero-order valence-corrected chi connectivity index (χ0v) is 12.0. The summed E-state index contributed by atoms with van der Waals surface area (Å²) in [5.41, 5.74) is 2.24. The molecule has 5 nitrogen and oxygen atoms in total. The Morgan fingerprint density at radius 3 is 2.71 bits per heavy atom. The van der Waals surface area contributed by atoms with Crippen LogP contribution in [0.25, 0.3) is 0 Å². The summed E-state index contributed by atoms with van der Waals surface area (Å²) in [4.78, 5) is 16.4. The summed E-state index contributed by atoms with van der Waals surface area (Å²) in [7, 11) is 0. The normalized spacial score (nSPS) is 10.2. The molecule has 1 aromatic carbocycles. The number of nitrogens with one attached hydrogen (secondary N) is 2. The summed E-state index contributed by atoms with van der Waals surface area (Å²) in [6.45, 7) is 2.72. The molecular formula is C16H19N3O2. The Hall–Kier alpha value is -2.40. The minimum Gasteiger partial charge on any atom is -0.396 e. The van der Waals surface area contributed by atoms with Crippen LogP contribution in [0.3, 0.4) is 0 Å². The van der Waals surface area contributed by atoms with Gasteiger partial charge in [-0.25, -0.2) is 4.98 Å². The first-order chi connectivity index (χ1) is 10.2. The fourth-order valence-corrected chi connectivity index (χ4v) is 1.89. The van der Waals surface area contributed by atoms with E-state index in [4.69, 9.17) is 5.11 Å². The highest BCUT2D eigenvalue weighted by molar-refractivity contribution is 6.05. The number of hydrogen-bond acceptors (Lipinski definition) is 4. The number of amides is 1. The number of aryl methyl sites for hydroxylation is 1. The van der Waals surface area contributed by atoms with Gasteiger partial charge >= 0.3 is 0 Å². The number of anilines is 2. The van der Waals surface area contributed by atoms with E-state index in [1.807, 2.05) is 25.1 Å². The van der Waals surface area contributed by atoms with Crippen LogP contribution in [-0.4, -0.2) is 29.1 Å². The first-order valence-electron chi connectivity index (χ1n) is 6.88. The van der Waals surface area contributed by atoms with E-state index in [1.165, 1.54) is 0 Å². The van der Waals surface area contributed by atoms with Crippen molar-refractivity contribution in [3.05, 3.63) is 53.7 Å². The van der Waals surface area contributed by atoms with Crippen LogP contribution >= 0.6 is 0 Å². The number of aliphatic hydroxyl groups excluding tert-OH is 1. The number of pyridine rings is 1. The summed E-state index contributed by atoms with van der Waals surface area (Å²) in [5.74, 6) is 0.577. The van der Waals surface area contributed by atoms with Gasteiger partial charge in [0.25, 0.3) is 5.91 Å². The Labute approximate surface area is 124 Å². The van der Waals surface area contributed by atoms with Crippen LogP contribution in [0.4, 0.5) is 11.5 Å². The van der Waals surface area contributed by atoms with Gasteiger partial charge in [-0.15, -0.1) is 0 Å². The third-order valence-electron chi connectivity index (χ3n) is 3.05. The molecule has 1 aromatic heterocycles. The van der Waals surface area contributed by atoms with E-state index in [2.05, 4.69) is 15.6 Å². The molecule has 110 valence electrons. The molecule has 3 N–H and O–H groups in total. The molecule has 0 spiro atoms. The van der Waals surface area contributed by atoms with Gasteiger partial charge in [0.1, 0.15) is 5.82 Å². The molecule has 0 bridgehead atoms. The zero-order chi connectivity index (χ0) is 15.1. The van der Waals surface area contributed by atoms with E-state index in [0.29, 0.717) is 24.2 Å². The van der Waals surface area contributed by atoms with Gasteiger partial charge in [-0.1, -0.05) is 18.2 Å². The predicted octanol–water partition coefficient (Wildman–Crippen LogP) is 2.44. The van der Waals surface area contributed by atoms with E-state index >= 15 is 0 Å². The molecule has 1 heterocycles. The van der Waals surface area contributed by atoms with Crippen LogP contribution in [0.1, 0.15) is 22.3 Å². The van der Waals surface area contributed by atoms with Crippen molar-refractivity contribution in [1.29, 1.82) is 0 Å². The smallest absolute Gasteiger partial charge is 0.255 e. The van der Waals surface area contributed by atoms with Crippen molar-refractivity contribution in [2.75, 3.05) is 23.8 Å². The summed E-state index contributed by atoms with van der Waals surface area (Å²) in [5, 5.41) is 14.6. The molecule has 5 heteroatoms. The second-order valence-electron chi connectivity index (χ2n) is 4.71. The van der Waals surface area contributed by atoms with Crippen molar-refractivity contribution in [2.24, 2.45) is 0 Å². The van der Waals surface area contributed by atoms with Crippen LogP contribution in [0.15, 0.2) is 42.6 Å². The molecule has 0 aliphatic heterocycles. The van der Waals surface area contributed by atoms with E-state index in [0.717, 1.165) is 11.4 Å². The van der Waals surface area contributed by atoms with Gasteiger partial charge in [0.15, 0.2) is 0 Å². The maximum absolute atomic E-state index is 12.1. The highest BCUT2D eigenvalue weighted by atomic mass is 16.3. The quantitative estimate of drug-likeness (QED) is 0.713. The topological polar surface area (TPSA) is 74.2 Å². The fraction of sp³-hybridized carbons (Fsp3) is 0.250. The predicted molar refractivity (Wildman–Crippen MR) is 83.6 cm³/mol. The third-order valence-corrected chi connectivity index (χ3v) is 3.05. The Bertz CT molecular complexity index is 597. The van der Waals surface area contributed by atoms with E-state index < -0.39 is 0 Å². The standard InChI is InChI=1S/C16H19N3O2/c1-12-5-2-3-6-14(12)16(21)19-13-7-8-15(18-11-13)17-9-4-10-20/h2-3,5-8,11,20H,4,9-10H2,1H3,(H,17,18)(H,19,21). The Morgan fingerprint density at radius 2 is 2.05 bits per heavy atom. The highest BCUT2D eigenvalue weighted by Gasteiger charge is 2.08. The van der Waals surface area contributed by atoms with Crippen LogP contribution in [0.2, 0.25) is 0 Å². The highest BCUT2D eigenvalue weighted by Crippen LogP contribution is 2.13. The first-order valence-corrected chi connectivity index (χ1v) is 6.88. The lowest BCUT2D eigenvalue weighted by Gasteiger charge is -2.08. The van der Waals surface area contributed by atoms with Gasteiger partial charge in [0.2, 0.25) is 0 Å². The molecule has 0 aliphatic carbocycles. The molecule has 2 rings (SSSR count). The number of aromatic nitrogens is 1. The lowest BCUT2D eigenvalue weighted by Crippen LogP contribution is -2.13. The molecule has 1 amide bonds. The summed E-state index contributed by atoms with van der Waals surface area (Å²) < 4.78 is 0. The van der Waals surface area contributed by atoms with Crippen LogP contribution < -0.4 is 10.6 Å². The van der Waals surface area contributed by atoms with Crippen LogP contribution in [0, 0.1) is 6.92 Å². The van der Waals surface area contributed by atoms with Gasteiger partial charge in [-0.3, -0.25) is 4.79 Å². The summed E-state index contributed by atoms with van der Waals surface area (Å²) in [6, 6.07) is 11.0. The molecule has 2 aromatic rings. The SMILES string of the molecule is Cc1ccccc1C(=O)Nc1ccc(NCCCO)nc1. The number of nitrogens with zero attached hydrogens (tertiary/aromatic N) is 1. The Morgan fingerprint density at radius 1 is 1.24 bits per heavy atom. The van der Waals surface area contributed by atoms with Crippen molar-refractivity contribution in [1.82, 2.24) is 4.98 Å². The average Bonchev–Trinajstić information content (AvgIpc) is 2.49. The third kappa shape index (κ3) is 4.29. The molecule has 0 fully saturated rings. The largest absolute Gasteiger partial charge is 0.396 e. The molecule has 0 unspecified atom stereocenters. The first kappa shape index (κ1) is 15.0. The molecular weight excluding hydrogens is 266 g/mol. The number of carbonyl (C=O) groups is 1. The Kier molecular flexibility index (Phi) is 5.29. The monoisotopic (exact) mass is 285 g/mol. The number of aliphatic hydroxyl groups is 1. The second kappa shape index (κ2) is 7.40. The van der Waals surface area contributed by atoms with E-state index in [1.54, 1.807) is 24.4 Å².